The summed E-state index contributed by atoms with van der Waals surface area (Å²) in [5.74, 6) is -1.36. The fraction of sp³-hybridized carbons (Fsp3) is 0.875. The van der Waals surface area contributed by atoms with Gasteiger partial charge in [0.2, 0.25) is 0 Å². The third kappa shape index (κ3) is 4.33. The lowest BCUT2D eigenvalue weighted by Crippen LogP contribution is -2.64. The van der Waals surface area contributed by atoms with E-state index in [-0.39, 0.29) is 30.8 Å². The fourth-order valence-corrected chi connectivity index (χ4v) is 3.08. The molecule has 1 atom stereocenters. The maximum Gasteiger partial charge on any atom is 0.350 e. The molecule has 23 heavy (non-hydrogen) atoms. The molecule has 1 aliphatic rings. The number of ether oxygens (including phenoxy) is 3. The molecule has 134 valence electrons. The molecular formula is C16H30O6Si. The van der Waals surface area contributed by atoms with Gasteiger partial charge in [0.1, 0.15) is 0 Å². The van der Waals surface area contributed by atoms with E-state index in [1.807, 2.05) is 0 Å². The van der Waals surface area contributed by atoms with Gasteiger partial charge in [0.25, 0.3) is 5.60 Å². The molecule has 1 heterocycles. The molecule has 0 unspecified atom stereocenters. The molecule has 1 aliphatic heterocycles. The summed E-state index contributed by atoms with van der Waals surface area (Å²) in [5.41, 5.74) is -1.62. The van der Waals surface area contributed by atoms with Gasteiger partial charge in [0.15, 0.2) is 8.32 Å². The predicted molar refractivity (Wildman–Crippen MR) is 88.6 cm³/mol. The molecule has 0 aromatic rings. The maximum absolute atomic E-state index is 12.1. The van der Waals surface area contributed by atoms with Crippen LogP contribution in [0.5, 0.6) is 0 Å². The highest BCUT2D eigenvalue weighted by Gasteiger charge is 2.60. The largest absolute Gasteiger partial charge is 0.463 e. The zero-order valence-electron chi connectivity index (χ0n) is 15.4. The number of rotatable bonds is 7. The molecule has 0 aromatic carbocycles. The van der Waals surface area contributed by atoms with E-state index in [4.69, 9.17) is 18.6 Å². The van der Waals surface area contributed by atoms with Gasteiger partial charge < -0.3 is 18.6 Å². The van der Waals surface area contributed by atoms with Crippen molar-refractivity contribution in [2.45, 2.75) is 70.9 Å². The molecule has 0 spiro atoms. The van der Waals surface area contributed by atoms with Crippen molar-refractivity contribution in [2.24, 2.45) is 0 Å². The molecule has 6 nitrogen and oxygen atoms in total. The second kappa shape index (κ2) is 7.32. The van der Waals surface area contributed by atoms with Gasteiger partial charge in [-0.15, -0.1) is 0 Å². The van der Waals surface area contributed by atoms with Gasteiger partial charge in [-0.05, 0) is 32.0 Å². The monoisotopic (exact) mass is 346 g/mol. The Morgan fingerprint density at radius 1 is 1.13 bits per heavy atom. The van der Waals surface area contributed by atoms with E-state index in [0.717, 1.165) is 0 Å². The molecular weight excluding hydrogens is 316 g/mol. The molecule has 1 saturated heterocycles. The molecule has 0 radical (unpaired) electrons. The first-order valence-corrected chi connectivity index (χ1v) is 11.1. The van der Waals surface area contributed by atoms with Crippen LogP contribution in [-0.4, -0.2) is 51.8 Å². The van der Waals surface area contributed by atoms with Gasteiger partial charge in [-0.2, -0.15) is 0 Å². The second-order valence-corrected chi connectivity index (χ2v) is 12.1. The average Bonchev–Trinajstić information content (AvgIpc) is 2.36. The fourth-order valence-electron chi connectivity index (χ4n) is 2.05. The number of esters is 2. The summed E-state index contributed by atoms with van der Waals surface area (Å²) in [6, 6.07) is 0. The standard InChI is InChI=1S/C16H30O6Si/c1-8-19-13(17)16(14(18)20-9-2)10-12(22-16)11-21-23(6,7)15(3,4)5/h12H,8-11H2,1-7H3/t12-/m1/s1. The number of carbonyl (C=O) groups excluding carboxylic acids is 2. The third-order valence-corrected chi connectivity index (χ3v) is 9.03. The maximum atomic E-state index is 12.1. The van der Waals surface area contributed by atoms with Crippen molar-refractivity contribution in [3.05, 3.63) is 0 Å². The summed E-state index contributed by atoms with van der Waals surface area (Å²) >= 11 is 0. The van der Waals surface area contributed by atoms with E-state index in [1.54, 1.807) is 13.8 Å². The van der Waals surface area contributed by atoms with Crippen molar-refractivity contribution < 1.29 is 28.2 Å². The summed E-state index contributed by atoms with van der Waals surface area (Å²) < 4.78 is 21.6. The highest BCUT2D eigenvalue weighted by molar-refractivity contribution is 6.74. The van der Waals surface area contributed by atoms with Gasteiger partial charge in [0, 0.05) is 6.42 Å². The van der Waals surface area contributed by atoms with Crippen LogP contribution in [0.3, 0.4) is 0 Å². The van der Waals surface area contributed by atoms with Gasteiger partial charge in [0.05, 0.1) is 25.9 Å². The predicted octanol–water partition coefficient (Wildman–Crippen LogP) is 2.66. The Labute approximate surface area is 139 Å². The minimum absolute atomic E-state index is 0.0934. The van der Waals surface area contributed by atoms with Crippen molar-refractivity contribution in [3.63, 3.8) is 0 Å². The van der Waals surface area contributed by atoms with Crippen LogP contribution < -0.4 is 0 Å². The summed E-state index contributed by atoms with van der Waals surface area (Å²) in [5, 5.41) is 0.0934. The van der Waals surface area contributed by atoms with Gasteiger partial charge >= 0.3 is 11.9 Å². The Morgan fingerprint density at radius 3 is 1.91 bits per heavy atom. The number of hydrogen-bond acceptors (Lipinski definition) is 6. The Hall–Kier alpha value is -0.923. The zero-order valence-corrected chi connectivity index (χ0v) is 16.4. The van der Waals surface area contributed by atoms with Crippen LogP contribution >= 0.6 is 0 Å². The molecule has 1 fully saturated rings. The lowest BCUT2D eigenvalue weighted by molar-refractivity contribution is -0.240. The first kappa shape index (κ1) is 20.1. The molecule has 0 N–H and O–H groups in total. The minimum atomic E-state index is -1.89. The molecule has 0 saturated carbocycles. The third-order valence-electron chi connectivity index (χ3n) is 4.53. The van der Waals surface area contributed by atoms with E-state index < -0.39 is 25.9 Å². The molecule has 0 aromatic heterocycles. The first-order valence-electron chi connectivity index (χ1n) is 8.16. The summed E-state index contributed by atoms with van der Waals surface area (Å²) in [7, 11) is -1.89. The van der Waals surface area contributed by atoms with Crippen LogP contribution in [0.15, 0.2) is 0 Å². The molecule has 0 aliphatic carbocycles. The highest BCUT2D eigenvalue weighted by atomic mass is 28.4. The second-order valence-electron chi connectivity index (χ2n) is 7.28. The minimum Gasteiger partial charge on any atom is -0.463 e. The van der Waals surface area contributed by atoms with E-state index >= 15 is 0 Å². The van der Waals surface area contributed by atoms with Gasteiger partial charge in [-0.1, -0.05) is 20.8 Å². The van der Waals surface area contributed by atoms with Crippen LogP contribution in [0.4, 0.5) is 0 Å². The van der Waals surface area contributed by atoms with Crippen LogP contribution in [0, 0.1) is 0 Å². The average molecular weight is 346 g/mol. The Bertz CT molecular complexity index is 414. The van der Waals surface area contributed by atoms with Crippen molar-refractivity contribution in [1.82, 2.24) is 0 Å². The van der Waals surface area contributed by atoms with Crippen LogP contribution in [0.25, 0.3) is 0 Å². The van der Waals surface area contributed by atoms with Gasteiger partial charge in [-0.25, -0.2) is 9.59 Å². The Morgan fingerprint density at radius 2 is 1.57 bits per heavy atom. The van der Waals surface area contributed by atoms with E-state index in [0.29, 0.717) is 6.61 Å². The zero-order chi connectivity index (χ0) is 17.9. The van der Waals surface area contributed by atoms with Crippen molar-refractivity contribution in [1.29, 1.82) is 0 Å². The van der Waals surface area contributed by atoms with E-state index in [2.05, 4.69) is 33.9 Å². The van der Waals surface area contributed by atoms with Crippen molar-refractivity contribution >= 4 is 20.3 Å². The summed E-state index contributed by atoms with van der Waals surface area (Å²) in [6.45, 7) is 14.9. The highest BCUT2D eigenvalue weighted by Crippen LogP contribution is 2.39. The summed E-state index contributed by atoms with van der Waals surface area (Å²) in [6.07, 6.45) is -0.0582. The van der Waals surface area contributed by atoms with Crippen LogP contribution in [0.1, 0.15) is 41.0 Å². The van der Waals surface area contributed by atoms with Crippen LogP contribution in [-0.2, 0) is 28.2 Å². The lowest BCUT2D eigenvalue weighted by atomic mass is 9.89. The Kier molecular flexibility index (Phi) is 6.40. The van der Waals surface area contributed by atoms with E-state index in [9.17, 15) is 9.59 Å². The first-order chi connectivity index (χ1) is 10.5. The molecule has 0 amide bonds. The normalized spacial score (nSPS) is 20.6. The smallest absolute Gasteiger partial charge is 0.350 e. The van der Waals surface area contributed by atoms with Crippen LogP contribution in [0.2, 0.25) is 18.1 Å². The topological polar surface area (TPSA) is 71.1 Å². The SMILES string of the molecule is CCOC(=O)C1(C(=O)OCC)C[C@H](CO[Si](C)(C)C(C)(C)C)O1. The van der Waals surface area contributed by atoms with E-state index in [1.165, 1.54) is 0 Å². The number of hydrogen-bond donors (Lipinski definition) is 0. The molecule has 7 heteroatoms. The molecule has 0 bridgehead atoms. The number of carbonyl (C=O) groups is 2. The Balaban J connectivity index is 2.67. The van der Waals surface area contributed by atoms with Crippen molar-refractivity contribution in [3.8, 4) is 0 Å². The molecule has 1 rings (SSSR count). The lowest BCUT2D eigenvalue weighted by Gasteiger charge is -2.45. The quantitative estimate of drug-likeness (QED) is 0.401. The summed E-state index contributed by atoms with van der Waals surface area (Å²) in [4.78, 5) is 24.2. The van der Waals surface area contributed by atoms with Crippen molar-refractivity contribution in [2.75, 3.05) is 19.8 Å². The van der Waals surface area contributed by atoms with Gasteiger partial charge in [-0.3, -0.25) is 0 Å².